The highest BCUT2D eigenvalue weighted by Crippen LogP contribution is 2.26. The Kier molecular flexibility index (Phi) is 7.37. The molecule has 1 aliphatic heterocycles. The normalized spacial score (nSPS) is 13.6. The predicted octanol–water partition coefficient (Wildman–Crippen LogP) is 2.97. The van der Waals surface area contributed by atoms with Crippen molar-refractivity contribution in [2.75, 3.05) is 41.6 Å². The Bertz CT molecular complexity index is 975. The summed E-state index contributed by atoms with van der Waals surface area (Å²) in [5, 5.41) is 2.88. The van der Waals surface area contributed by atoms with Crippen molar-refractivity contribution in [1.29, 1.82) is 0 Å². The Morgan fingerprint density at radius 2 is 1.87 bits per heavy atom. The standard InChI is InChI=1S/C23H31N3O3S/c1-3-19-10-4-7-14-22(19)26(30(2,28)29)18-23(27)24-15-9-17-25-16-8-12-20-11-5-6-13-21(20)25/h4-7,10-11,13-14H,3,8-9,12,15-18H2,1-2H3,(H,24,27). The minimum absolute atomic E-state index is 0.206. The second-order valence-electron chi connectivity index (χ2n) is 7.67. The fraction of sp³-hybridized carbons (Fsp3) is 0.435. The second kappa shape index (κ2) is 9.98. The quantitative estimate of drug-likeness (QED) is 0.622. The molecule has 2 aromatic carbocycles. The highest BCUT2D eigenvalue weighted by molar-refractivity contribution is 7.92. The number of rotatable bonds is 9. The molecule has 0 atom stereocenters. The van der Waals surface area contributed by atoms with Crippen LogP contribution in [0.15, 0.2) is 48.5 Å². The van der Waals surface area contributed by atoms with Crippen LogP contribution in [0.2, 0.25) is 0 Å². The van der Waals surface area contributed by atoms with Crippen LogP contribution in [0, 0.1) is 0 Å². The summed E-state index contributed by atoms with van der Waals surface area (Å²) >= 11 is 0. The molecule has 6 nitrogen and oxygen atoms in total. The van der Waals surface area contributed by atoms with E-state index in [4.69, 9.17) is 0 Å². The molecular formula is C23H31N3O3S. The van der Waals surface area contributed by atoms with Gasteiger partial charge in [-0.2, -0.15) is 0 Å². The number of fused-ring (bicyclic) bond motifs is 1. The molecule has 0 aliphatic carbocycles. The maximum absolute atomic E-state index is 12.5. The van der Waals surface area contributed by atoms with Gasteiger partial charge in [0.05, 0.1) is 11.9 Å². The van der Waals surface area contributed by atoms with Crippen molar-refractivity contribution in [2.24, 2.45) is 0 Å². The maximum atomic E-state index is 12.5. The van der Waals surface area contributed by atoms with Gasteiger partial charge in [-0.05, 0) is 48.9 Å². The van der Waals surface area contributed by atoms with Crippen molar-refractivity contribution in [3.05, 3.63) is 59.7 Å². The van der Waals surface area contributed by atoms with Gasteiger partial charge in [-0.1, -0.05) is 43.3 Å². The SMILES string of the molecule is CCc1ccccc1N(CC(=O)NCCCN1CCCc2ccccc21)S(C)(=O)=O. The molecule has 2 aromatic rings. The summed E-state index contributed by atoms with van der Waals surface area (Å²) < 4.78 is 25.9. The van der Waals surface area contributed by atoms with Gasteiger partial charge in [0, 0.05) is 25.3 Å². The van der Waals surface area contributed by atoms with Crippen LogP contribution in [0.25, 0.3) is 0 Å². The number of sulfonamides is 1. The summed E-state index contributed by atoms with van der Waals surface area (Å²) in [5.74, 6) is -0.287. The number of carbonyl (C=O) groups is 1. The molecule has 0 aromatic heterocycles. The van der Waals surface area contributed by atoms with Crippen LogP contribution in [0.1, 0.15) is 30.9 Å². The van der Waals surface area contributed by atoms with Crippen LogP contribution in [0.5, 0.6) is 0 Å². The molecule has 0 unspecified atom stereocenters. The van der Waals surface area contributed by atoms with E-state index >= 15 is 0 Å². The van der Waals surface area contributed by atoms with Crippen molar-refractivity contribution >= 4 is 27.3 Å². The molecule has 0 radical (unpaired) electrons. The van der Waals surface area contributed by atoms with Crippen LogP contribution < -0.4 is 14.5 Å². The number of aryl methyl sites for hydroxylation is 2. The number of hydrogen-bond acceptors (Lipinski definition) is 4. The van der Waals surface area contributed by atoms with E-state index in [1.807, 2.05) is 19.1 Å². The van der Waals surface area contributed by atoms with Gasteiger partial charge >= 0.3 is 0 Å². The van der Waals surface area contributed by atoms with E-state index in [2.05, 4.69) is 34.5 Å². The van der Waals surface area contributed by atoms with E-state index in [1.54, 1.807) is 12.1 Å². The molecule has 7 heteroatoms. The lowest BCUT2D eigenvalue weighted by molar-refractivity contribution is -0.119. The van der Waals surface area contributed by atoms with Crippen molar-refractivity contribution in [3.63, 3.8) is 0 Å². The van der Waals surface area contributed by atoms with Gasteiger partial charge in [0.1, 0.15) is 6.54 Å². The van der Waals surface area contributed by atoms with Crippen LogP contribution in [-0.4, -0.2) is 46.8 Å². The van der Waals surface area contributed by atoms with E-state index in [1.165, 1.54) is 15.6 Å². The van der Waals surface area contributed by atoms with Gasteiger partial charge in [0.2, 0.25) is 15.9 Å². The molecule has 1 amide bonds. The number of benzene rings is 2. The summed E-state index contributed by atoms with van der Waals surface area (Å²) in [7, 11) is -3.56. The first kappa shape index (κ1) is 22.2. The molecule has 0 bridgehead atoms. The van der Waals surface area contributed by atoms with Crippen molar-refractivity contribution in [1.82, 2.24) is 5.32 Å². The van der Waals surface area contributed by atoms with E-state index in [9.17, 15) is 13.2 Å². The fourth-order valence-electron chi connectivity index (χ4n) is 3.96. The van der Waals surface area contributed by atoms with Crippen molar-refractivity contribution in [3.8, 4) is 0 Å². The predicted molar refractivity (Wildman–Crippen MR) is 123 cm³/mol. The molecule has 3 rings (SSSR count). The molecule has 0 saturated carbocycles. The third-order valence-electron chi connectivity index (χ3n) is 5.46. The first-order chi connectivity index (χ1) is 14.4. The highest BCUT2D eigenvalue weighted by atomic mass is 32.2. The number of nitrogens with one attached hydrogen (secondary N) is 1. The zero-order valence-electron chi connectivity index (χ0n) is 17.8. The average Bonchev–Trinajstić information content (AvgIpc) is 2.74. The van der Waals surface area contributed by atoms with E-state index < -0.39 is 10.0 Å². The van der Waals surface area contributed by atoms with Gasteiger partial charge < -0.3 is 10.2 Å². The molecule has 1 aliphatic rings. The summed E-state index contributed by atoms with van der Waals surface area (Å²) in [6.45, 7) is 4.18. The largest absolute Gasteiger partial charge is 0.371 e. The summed E-state index contributed by atoms with van der Waals surface area (Å²) in [6.07, 6.45) is 4.90. The van der Waals surface area contributed by atoms with Gasteiger partial charge in [-0.15, -0.1) is 0 Å². The van der Waals surface area contributed by atoms with Crippen LogP contribution in [0.3, 0.4) is 0 Å². The summed E-state index contributed by atoms with van der Waals surface area (Å²) in [6, 6.07) is 15.8. The summed E-state index contributed by atoms with van der Waals surface area (Å²) in [4.78, 5) is 14.9. The van der Waals surface area contributed by atoms with Crippen LogP contribution >= 0.6 is 0 Å². The Morgan fingerprint density at radius 1 is 1.13 bits per heavy atom. The Morgan fingerprint density at radius 3 is 2.63 bits per heavy atom. The molecule has 30 heavy (non-hydrogen) atoms. The van der Waals surface area contributed by atoms with Crippen molar-refractivity contribution in [2.45, 2.75) is 32.6 Å². The minimum atomic E-state index is -3.56. The van der Waals surface area contributed by atoms with E-state index in [0.717, 1.165) is 44.2 Å². The Balaban J connectivity index is 1.54. The minimum Gasteiger partial charge on any atom is -0.371 e. The summed E-state index contributed by atoms with van der Waals surface area (Å²) in [5.41, 5.74) is 4.14. The molecule has 162 valence electrons. The topological polar surface area (TPSA) is 69.7 Å². The van der Waals surface area contributed by atoms with Gasteiger partial charge in [0.25, 0.3) is 0 Å². The number of carbonyl (C=O) groups excluding carboxylic acids is 1. The number of para-hydroxylation sites is 2. The van der Waals surface area contributed by atoms with E-state index in [-0.39, 0.29) is 12.5 Å². The molecule has 0 spiro atoms. The lowest BCUT2D eigenvalue weighted by Gasteiger charge is -2.31. The third-order valence-corrected chi connectivity index (χ3v) is 6.59. The van der Waals surface area contributed by atoms with Gasteiger partial charge in [-0.25, -0.2) is 8.42 Å². The Labute approximate surface area is 179 Å². The molecule has 0 saturated heterocycles. The van der Waals surface area contributed by atoms with Crippen LogP contribution in [0.4, 0.5) is 11.4 Å². The van der Waals surface area contributed by atoms with Crippen molar-refractivity contribution < 1.29 is 13.2 Å². The number of amides is 1. The monoisotopic (exact) mass is 429 g/mol. The van der Waals surface area contributed by atoms with E-state index in [0.29, 0.717) is 18.7 Å². The molecule has 1 N–H and O–H groups in total. The smallest absolute Gasteiger partial charge is 0.240 e. The van der Waals surface area contributed by atoms with Crippen LogP contribution in [-0.2, 0) is 27.7 Å². The zero-order valence-corrected chi connectivity index (χ0v) is 18.6. The fourth-order valence-corrected chi connectivity index (χ4v) is 4.85. The zero-order chi connectivity index (χ0) is 21.6. The average molecular weight is 430 g/mol. The second-order valence-corrected chi connectivity index (χ2v) is 9.58. The highest BCUT2D eigenvalue weighted by Gasteiger charge is 2.22. The lowest BCUT2D eigenvalue weighted by atomic mass is 10.0. The number of hydrogen-bond donors (Lipinski definition) is 1. The third kappa shape index (κ3) is 5.53. The lowest BCUT2D eigenvalue weighted by Crippen LogP contribution is -2.41. The van der Waals surface area contributed by atoms with Gasteiger partial charge in [-0.3, -0.25) is 9.10 Å². The Hall–Kier alpha value is -2.54. The molecule has 0 fully saturated rings. The first-order valence-electron chi connectivity index (χ1n) is 10.6. The number of nitrogens with zero attached hydrogens (tertiary/aromatic N) is 2. The first-order valence-corrected chi connectivity index (χ1v) is 12.4. The number of anilines is 2. The molecular weight excluding hydrogens is 398 g/mol. The molecule has 1 heterocycles. The maximum Gasteiger partial charge on any atom is 0.240 e. The van der Waals surface area contributed by atoms with Gasteiger partial charge in [0.15, 0.2) is 0 Å².